The second kappa shape index (κ2) is 7.75. The predicted octanol–water partition coefficient (Wildman–Crippen LogP) is 3.28. The van der Waals surface area contributed by atoms with Gasteiger partial charge in [0.15, 0.2) is 0 Å². The molecular weight excluding hydrogens is 319 g/mol. The van der Waals surface area contributed by atoms with Crippen LogP contribution in [0.3, 0.4) is 0 Å². The first-order valence-electron chi connectivity index (χ1n) is 8.22. The number of carbonyl (C=O) groups excluding carboxylic acids is 2. The third-order valence-corrected chi connectivity index (χ3v) is 4.06. The Balaban J connectivity index is 1.54. The van der Waals surface area contributed by atoms with Gasteiger partial charge in [-0.1, -0.05) is 24.3 Å². The van der Waals surface area contributed by atoms with Crippen molar-refractivity contribution in [3.05, 3.63) is 71.6 Å². The smallest absolute Gasteiger partial charge is 0.244 e. The Bertz CT molecular complexity index is 800. The summed E-state index contributed by atoms with van der Waals surface area (Å²) in [6.07, 6.45) is 4.64. The summed E-state index contributed by atoms with van der Waals surface area (Å²) in [5.74, 6) is -0.415. The van der Waals surface area contributed by atoms with Crippen LogP contribution in [0.25, 0.3) is 6.08 Å². The maximum atomic E-state index is 13.1. The van der Waals surface area contributed by atoms with Gasteiger partial charge in [0.1, 0.15) is 5.82 Å². The van der Waals surface area contributed by atoms with Gasteiger partial charge in [-0.3, -0.25) is 9.59 Å². The van der Waals surface area contributed by atoms with Crippen molar-refractivity contribution in [2.24, 2.45) is 0 Å². The lowest BCUT2D eigenvalue weighted by Crippen LogP contribution is -2.23. The monoisotopic (exact) mass is 338 g/mol. The summed E-state index contributed by atoms with van der Waals surface area (Å²) < 4.78 is 13.1. The van der Waals surface area contributed by atoms with Gasteiger partial charge in [0.2, 0.25) is 11.8 Å². The van der Waals surface area contributed by atoms with E-state index in [0.717, 1.165) is 24.2 Å². The van der Waals surface area contributed by atoms with Gasteiger partial charge in [-0.2, -0.15) is 0 Å². The molecule has 1 saturated heterocycles. The van der Waals surface area contributed by atoms with Crippen molar-refractivity contribution < 1.29 is 14.0 Å². The molecule has 2 amide bonds. The fraction of sp³-hybridized carbons (Fsp3) is 0.200. The summed E-state index contributed by atoms with van der Waals surface area (Å²) in [5.41, 5.74) is 2.47. The van der Waals surface area contributed by atoms with Crippen LogP contribution in [-0.2, 0) is 16.1 Å². The molecule has 0 spiro atoms. The van der Waals surface area contributed by atoms with Crippen molar-refractivity contribution in [3.8, 4) is 0 Å². The summed E-state index contributed by atoms with van der Waals surface area (Å²) in [4.78, 5) is 25.3. The highest BCUT2D eigenvalue weighted by Gasteiger charge is 2.21. The topological polar surface area (TPSA) is 49.4 Å². The normalized spacial score (nSPS) is 14.3. The number of hydrogen-bond donors (Lipinski definition) is 1. The molecule has 0 saturated carbocycles. The van der Waals surface area contributed by atoms with E-state index < -0.39 is 0 Å². The fourth-order valence-electron chi connectivity index (χ4n) is 2.75. The quantitative estimate of drug-likeness (QED) is 0.851. The molecule has 4 nitrogen and oxygen atoms in total. The van der Waals surface area contributed by atoms with Crippen LogP contribution >= 0.6 is 0 Å². The van der Waals surface area contributed by atoms with E-state index in [1.165, 1.54) is 18.2 Å². The maximum Gasteiger partial charge on any atom is 0.244 e. The molecule has 0 atom stereocenters. The van der Waals surface area contributed by atoms with Gasteiger partial charge in [-0.05, 0) is 47.9 Å². The first-order chi connectivity index (χ1) is 12.1. The molecule has 0 aliphatic carbocycles. The molecule has 1 aliphatic heterocycles. The zero-order valence-electron chi connectivity index (χ0n) is 13.7. The molecular formula is C20H19FN2O2. The minimum absolute atomic E-state index is 0.153. The number of carbonyl (C=O) groups is 2. The van der Waals surface area contributed by atoms with Gasteiger partial charge in [-0.25, -0.2) is 4.39 Å². The van der Waals surface area contributed by atoms with Crippen LogP contribution in [0.2, 0.25) is 0 Å². The Kier molecular flexibility index (Phi) is 5.23. The van der Waals surface area contributed by atoms with E-state index in [2.05, 4.69) is 5.32 Å². The largest absolute Gasteiger partial charge is 0.348 e. The van der Waals surface area contributed by atoms with Gasteiger partial charge in [0.05, 0.1) is 0 Å². The molecule has 2 aromatic rings. The van der Waals surface area contributed by atoms with E-state index in [1.807, 2.05) is 24.3 Å². The van der Waals surface area contributed by atoms with Gasteiger partial charge in [0.25, 0.3) is 0 Å². The van der Waals surface area contributed by atoms with Crippen LogP contribution in [0, 0.1) is 5.82 Å². The number of halogens is 1. The SMILES string of the molecule is O=C(/C=C/c1ccc(N2CCCC2=O)cc1)NCc1cccc(F)c1. The Hall–Kier alpha value is -2.95. The molecule has 0 bridgehead atoms. The molecule has 0 radical (unpaired) electrons. The van der Waals surface area contributed by atoms with Crippen LogP contribution in [0.4, 0.5) is 10.1 Å². The average Bonchev–Trinajstić information content (AvgIpc) is 3.05. The van der Waals surface area contributed by atoms with E-state index in [-0.39, 0.29) is 24.2 Å². The molecule has 25 heavy (non-hydrogen) atoms. The number of anilines is 1. The van der Waals surface area contributed by atoms with E-state index in [0.29, 0.717) is 12.0 Å². The summed E-state index contributed by atoms with van der Waals surface area (Å²) >= 11 is 0. The third-order valence-electron chi connectivity index (χ3n) is 4.06. The Morgan fingerprint density at radius 2 is 2.00 bits per heavy atom. The Labute approximate surface area is 146 Å². The third kappa shape index (κ3) is 4.53. The summed E-state index contributed by atoms with van der Waals surface area (Å²) in [6.45, 7) is 1.04. The molecule has 1 heterocycles. The number of amides is 2. The minimum atomic E-state index is -0.320. The summed E-state index contributed by atoms with van der Waals surface area (Å²) in [5, 5.41) is 2.71. The van der Waals surface area contributed by atoms with Gasteiger partial charge in [-0.15, -0.1) is 0 Å². The zero-order chi connectivity index (χ0) is 17.6. The summed E-state index contributed by atoms with van der Waals surface area (Å²) in [7, 11) is 0. The molecule has 5 heteroatoms. The highest BCUT2D eigenvalue weighted by Crippen LogP contribution is 2.21. The van der Waals surface area contributed by atoms with E-state index in [4.69, 9.17) is 0 Å². The minimum Gasteiger partial charge on any atom is -0.348 e. The van der Waals surface area contributed by atoms with Crippen LogP contribution in [0.15, 0.2) is 54.6 Å². The average molecular weight is 338 g/mol. The van der Waals surface area contributed by atoms with Gasteiger partial charge >= 0.3 is 0 Å². The van der Waals surface area contributed by atoms with E-state index >= 15 is 0 Å². The molecule has 1 aliphatic rings. The molecule has 128 valence electrons. The van der Waals surface area contributed by atoms with Crippen LogP contribution in [-0.4, -0.2) is 18.4 Å². The lowest BCUT2D eigenvalue weighted by Gasteiger charge is -2.15. The number of nitrogens with one attached hydrogen (secondary N) is 1. The second-order valence-electron chi connectivity index (χ2n) is 5.92. The number of rotatable bonds is 5. The van der Waals surface area contributed by atoms with E-state index in [1.54, 1.807) is 23.1 Å². The lowest BCUT2D eigenvalue weighted by atomic mass is 10.2. The molecule has 1 N–H and O–H groups in total. The Morgan fingerprint density at radius 1 is 1.20 bits per heavy atom. The predicted molar refractivity (Wildman–Crippen MR) is 95.3 cm³/mol. The first-order valence-corrected chi connectivity index (χ1v) is 8.22. The summed E-state index contributed by atoms with van der Waals surface area (Å²) in [6, 6.07) is 13.6. The van der Waals surface area contributed by atoms with Crippen molar-refractivity contribution in [2.75, 3.05) is 11.4 Å². The number of hydrogen-bond acceptors (Lipinski definition) is 2. The fourth-order valence-corrected chi connectivity index (χ4v) is 2.75. The van der Waals surface area contributed by atoms with Crippen molar-refractivity contribution in [1.29, 1.82) is 0 Å². The van der Waals surface area contributed by atoms with Crippen LogP contribution < -0.4 is 10.2 Å². The van der Waals surface area contributed by atoms with Crippen molar-refractivity contribution in [2.45, 2.75) is 19.4 Å². The van der Waals surface area contributed by atoms with Crippen molar-refractivity contribution in [1.82, 2.24) is 5.32 Å². The zero-order valence-corrected chi connectivity index (χ0v) is 13.7. The van der Waals surface area contributed by atoms with Crippen LogP contribution in [0.1, 0.15) is 24.0 Å². The molecule has 0 unspecified atom stereocenters. The van der Waals surface area contributed by atoms with Crippen LogP contribution in [0.5, 0.6) is 0 Å². The second-order valence-corrected chi connectivity index (χ2v) is 5.92. The molecule has 3 rings (SSSR count). The Morgan fingerprint density at radius 3 is 2.68 bits per heavy atom. The highest BCUT2D eigenvalue weighted by molar-refractivity contribution is 5.95. The molecule has 0 aromatic heterocycles. The number of benzene rings is 2. The lowest BCUT2D eigenvalue weighted by molar-refractivity contribution is -0.117. The standard InChI is InChI=1S/C20H19FN2O2/c21-17-4-1-3-16(13-17)14-22-19(24)11-8-15-6-9-18(10-7-15)23-12-2-5-20(23)25/h1,3-4,6-11,13H,2,5,12,14H2,(H,22,24)/b11-8+. The van der Waals surface area contributed by atoms with Crippen molar-refractivity contribution in [3.63, 3.8) is 0 Å². The maximum absolute atomic E-state index is 13.1. The molecule has 2 aromatic carbocycles. The van der Waals surface area contributed by atoms with Gasteiger partial charge in [0, 0.05) is 31.3 Å². The highest BCUT2D eigenvalue weighted by atomic mass is 19.1. The molecule has 1 fully saturated rings. The number of nitrogens with zero attached hydrogens (tertiary/aromatic N) is 1. The van der Waals surface area contributed by atoms with E-state index in [9.17, 15) is 14.0 Å². The first kappa shape index (κ1) is 16.9. The van der Waals surface area contributed by atoms with Gasteiger partial charge < -0.3 is 10.2 Å². The van der Waals surface area contributed by atoms with Crippen molar-refractivity contribution >= 4 is 23.6 Å².